The summed E-state index contributed by atoms with van der Waals surface area (Å²) in [5.41, 5.74) is 7.31. The number of aryl methyl sites for hydroxylation is 2. The van der Waals surface area contributed by atoms with Crippen LogP contribution in [0.2, 0.25) is 0 Å². The van der Waals surface area contributed by atoms with Crippen molar-refractivity contribution in [1.29, 1.82) is 0 Å². The molecule has 0 saturated carbocycles. The van der Waals surface area contributed by atoms with Crippen LogP contribution in [0.25, 0.3) is 0 Å². The fraction of sp³-hybridized carbons (Fsp3) is 0.238. The van der Waals surface area contributed by atoms with Gasteiger partial charge in [0.2, 0.25) is 5.78 Å². The van der Waals surface area contributed by atoms with Crippen molar-refractivity contribution in [2.75, 3.05) is 12.3 Å². The number of hydrogen-bond acceptors (Lipinski definition) is 7. The molecule has 0 radical (unpaired) electrons. The standard InChI is InChI=1S/C21H21N3O5S/c1-13-10-17(14(2)23(13)8-7-16-4-3-9-30-16)20(25)12-29-21(26)15-5-6-18(22)19(11-15)24(27)28/h3-6,9-11H,7-8,12,22H2,1-2H3. The smallest absolute Gasteiger partial charge is 0.338 e. The zero-order chi connectivity index (χ0) is 21.8. The van der Waals surface area contributed by atoms with Crippen molar-refractivity contribution in [3.63, 3.8) is 0 Å². The Morgan fingerprint density at radius 2 is 2.00 bits per heavy atom. The van der Waals surface area contributed by atoms with E-state index in [4.69, 9.17) is 10.5 Å². The van der Waals surface area contributed by atoms with E-state index in [1.54, 1.807) is 17.4 Å². The predicted octanol–water partition coefficient (Wildman–Crippen LogP) is 3.94. The molecular weight excluding hydrogens is 406 g/mol. The Bertz CT molecular complexity index is 1100. The molecule has 0 saturated heterocycles. The number of Topliss-reactive ketones (excluding diaryl/α,β-unsaturated/α-hetero) is 1. The number of carbonyl (C=O) groups is 2. The number of nitrogens with zero attached hydrogens (tertiary/aromatic N) is 2. The maximum atomic E-state index is 12.6. The molecule has 0 spiro atoms. The molecule has 0 aliphatic carbocycles. The number of hydrogen-bond donors (Lipinski definition) is 1. The molecular formula is C21H21N3O5S. The first-order valence-corrected chi connectivity index (χ1v) is 10.1. The van der Waals surface area contributed by atoms with E-state index in [0.717, 1.165) is 30.4 Å². The monoisotopic (exact) mass is 427 g/mol. The number of esters is 1. The second-order valence-electron chi connectivity index (χ2n) is 6.80. The number of aromatic nitrogens is 1. The molecule has 0 amide bonds. The average molecular weight is 427 g/mol. The number of carbonyl (C=O) groups excluding carboxylic acids is 2. The maximum Gasteiger partial charge on any atom is 0.338 e. The lowest BCUT2D eigenvalue weighted by Crippen LogP contribution is -2.15. The molecule has 30 heavy (non-hydrogen) atoms. The summed E-state index contributed by atoms with van der Waals surface area (Å²) >= 11 is 1.69. The molecule has 0 aliphatic heterocycles. The van der Waals surface area contributed by atoms with Crippen LogP contribution >= 0.6 is 11.3 Å². The SMILES string of the molecule is Cc1cc(C(=O)COC(=O)c2ccc(N)c([N+](=O)[O-])c2)c(C)n1CCc1cccs1. The fourth-order valence-corrected chi connectivity index (χ4v) is 3.92. The van der Waals surface area contributed by atoms with Crippen LogP contribution in [0, 0.1) is 24.0 Å². The van der Waals surface area contributed by atoms with Crippen LogP contribution in [0.5, 0.6) is 0 Å². The summed E-state index contributed by atoms with van der Waals surface area (Å²) in [5, 5.41) is 13.0. The lowest BCUT2D eigenvalue weighted by molar-refractivity contribution is -0.383. The van der Waals surface area contributed by atoms with Gasteiger partial charge in [-0.05, 0) is 49.9 Å². The number of nitrogen functional groups attached to an aromatic ring is 1. The molecule has 0 fully saturated rings. The molecule has 2 aromatic heterocycles. The third-order valence-corrected chi connectivity index (χ3v) is 5.77. The summed E-state index contributed by atoms with van der Waals surface area (Å²) in [4.78, 5) is 36.4. The van der Waals surface area contributed by atoms with Gasteiger partial charge in [0.25, 0.3) is 5.69 Å². The lowest BCUT2D eigenvalue weighted by Gasteiger charge is -2.09. The van der Waals surface area contributed by atoms with Gasteiger partial charge in [-0.1, -0.05) is 6.07 Å². The molecule has 3 rings (SSSR count). The van der Waals surface area contributed by atoms with E-state index in [1.165, 1.54) is 17.0 Å². The molecule has 2 heterocycles. The van der Waals surface area contributed by atoms with Crippen molar-refractivity contribution in [3.05, 3.63) is 79.3 Å². The number of nitro groups is 1. The molecule has 156 valence electrons. The molecule has 9 heteroatoms. The first-order valence-electron chi connectivity index (χ1n) is 9.21. The average Bonchev–Trinajstić information content (AvgIpc) is 3.32. The topological polar surface area (TPSA) is 117 Å². The Hall–Kier alpha value is -3.46. The first-order chi connectivity index (χ1) is 14.3. The van der Waals surface area contributed by atoms with Crippen LogP contribution in [0.3, 0.4) is 0 Å². The number of ether oxygens (including phenoxy) is 1. The second kappa shape index (κ2) is 8.91. The first kappa shape index (κ1) is 21.3. The molecule has 2 N–H and O–H groups in total. The molecule has 0 atom stereocenters. The second-order valence-corrected chi connectivity index (χ2v) is 7.83. The normalized spacial score (nSPS) is 10.7. The molecule has 8 nitrogen and oxygen atoms in total. The van der Waals surface area contributed by atoms with E-state index >= 15 is 0 Å². The van der Waals surface area contributed by atoms with Crippen molar-refractivity contribution < 1.29 is 19.2 Å². The largest absolute Gasteiger partial charge is 0.454 e. The number of rotatable bonds is 8. The summed E-state index contributed by atoms with van der Waals surface area (Å²) in [7, 11) is 0. The Balaban J connectivity index is 1.66. The number of thiophene rings is 1. The van der Waals surface area contributed by atoms with Crippen LogP contribution in [-0.4, -0.2) is 27.8 Å². The van der Waals surface area contributed by atoms with Gasteiger partial charge in [-0.3, -0.25) is 14.9 Å². The van der Waals surface area contributed by atoms with Gasteiger partial charge in [-0.15, -0.1) is 11.3 Å². The van der Waals surface area contributed by atoms with Crippen molar-refractivity contribution in [2.24, 2.45) is 0 Å². The van der Waals surface area contributed by atoms with Gasteiger partial charge in [0, 0.05) is 34.4 Å². The zero-order valence-electron chi connectivity index (χ0n) is 16.6. The fourth-order valence-electron chi connectivity index (χ4n) is 3.23. The van der Waals surface area contributed by atoms with Gasteiger partial charge < -0.3 is 15.0 Å². The van der Waals surface area contributed by atoms with Crippen LogP contribution in [0.15, 0.2) is 41.8 Å². The maximum absolute atomic E-state index is 12.6. The van der Waals surface area contributed by atoms with Gasteiger partial charge in [0.1, 0.15) is 5.69 Å². The number of ketones is 1. The van der Waals surface area contributed by atoms with Gasteiger partial charge in [0.05, 0.1) is 10.5 Å². The Labute approximate surface area is 177 Å². The van der Waals surface area contributed by atoms with Gasteiger partial charge >= 0.3 is 5.97 Å². The Morgan fingerprint density at radius 1 is 1.23 bits per heavy atom. The minimum absolute atomic E-state index is 0.0369. The van der Waals surface area contributed by atoms with E-state index in [0.29, 0.717) is 5.56 Å². The lowest BCUT2D eigenvalue weighted by atomic mass is 10.1. The van der Waals surface area contributed by atoms with Gasteiger partial charge in [0.15, 0.2) is 6.61 Å². The summed E-state index contributed by atoms with van der Waals surface area (Å²) < 4.78 is 7.15. The van der Waals surface area contributed by atoms with Crippen LogP contribution in [0.4, 0.5) is 11.4 Å². The number of nitro benzene ring substituents is 1. The van der Waals surface area contributed by atoms with Crippen molar-refractivity contribution in [2.45, 2.75) is 26.8 Å². The predicted molar refractivity (Wildman–Crippen MR) is 114 cm³/mol. The van der Waals surface area contributed by atoms with Gasteiger partial charge in [-0.2, -0.15) is 0 Å². The molecule has 0 unspecified atom stereocenters. The molecule has 3 aromatic rings. The van der Waals surface area contributed by atoms with Crippen molar-refractivity contribution in [1.82, 2.24) is 4.57 Å². The molecule has 0 bridgehead atoms. The summed E-state index contributed by atoms with van der Waals surface area (Å²) in [5.74, 6) is -1.15. The van der Waals surface area contributed by atoms with E-state index in [9.17, 15) is 19.7 Å². The summed E-state index contributed by atoms with van der Waals surface area (Å²) in [6, 6.07) is 9.50. The minimum Gasteiger partial charge on any atom is -0.454 e. The minimum atomic E-state index is -0.821. The number of nitrogens with two attached hydrogens (primary N) is 1. The van der Waals surface area contributed by atoms with E-state index < -0.39 is 17.5 Å². The quantitative estimate of drug-likeness (QED) is 0.191. The zero-order valence-corrected chi connectivity index (χ0v) is 17.4. The van der Waals surface area contributed by atoms with Crippen LogP contribution in [0.1, 0.15) is 37.0 Å². The highest BCUT2D eigenvalue weighted by Crippen LogP contribution is 2.23. The van der Waals surface area contributed by atoms with Crippen molar-refractivity contribution in [3.8, 4) is 0 Å². The Morgan fingerprint density at radius 3 is 2.67 bits per heavy atom. The summed E-state index contributed by atoms with van der Waals surface area (Å²) in [6.07, 6.45) is 0.868. The highest BCUT2D eigenvalue weighted by Gasteiger charge is 2.20. The van der Waals surface area contributed by atoms with E-state index in [-0.39, 0.29) is 22.7 Å². The summed E-state index contributed by atoms with van der Waals surface area (Å²) in [6.45, 7) is 4.09. The van der Waals surface area contributed by atoms with Crippen LogP contribution < -0.4 is 5.73 Å². The number of benzene rings is 1. The van der Waals surface area contributed by atoms with E-state index in [2.05, 4.69) is 10.6 Å². The van der Waals surface area contributed by atoms with Gasteiger partial charge in [-0.25, -0.2) is 4.79 Å². The number of anilines is 1. The third-order valence-electron chi connectivity index (χ3n) is 4.83. The molecule has 0 aliphatic rings. The molecule has 1 aromatic carbocycles. The van der Waals surface area contributed by atoms with E-state index in [1.807, 2.05) is 25.3 Å². The Kier molecular flexibility index (Phi) is 6.31. The third kappa shape index (κ3) is 4.57. The van der Waals surface area contributed by atoms with Crippen molar-refractivity contribution >= 4 is 34.5 Å². The highest BCUT2D eigenvalue weighted by molar-refractivity contribution is 7.09. The highest BCUT2D eigenvalue weighted by atomic mass is 32.1. The van der Waals surface area contributed by atoms with Crippen LogP contribution in [-0.2, 0) is 17.7 Å².